The second-order valence-corrected chi connectivity index (χ2v) is 6.85. The predicted octanol–water partition coefficient (Wildman–Crippen LogP) is 1.32. The number of sulfonamides is 1. The zero-order chi connectivity index (χ0) is 17.3. The Bertz CT molecular complexity index is 617. The van der Waals surface area contributed by atoms with Gasteiger partial charge >= 0.3 is 6.03 Å². The molecule has 23 heavy (non-hydrogen) atoms. The van der Waals surface area contributed by atoms with Gasteiger partial charge in [-0.3, -0.25) is 10.1 Å². The molecule has 0 saturated carbocycles. The largest absolute Gasteiger partial charge is 0.338 e. The molecule has 0 aliphatic rings. The third-order valence-corrected chi connectivity index (χ3v) is 4.91. The summed E-state index contributed by atoms with van der Waals surface area (Å²) in [5.74, 6) is -0.661. The number of benzene rings is 1. The van der Waals surface area contributed by atoms with E-state index in [4.69, 9.17) is 0 Å². The van der Waals surface area contributed by atoms with Crippen LogP contribution >= 0.6 is 0 Å². The van der Waals surface area contributed by atoms with Crippen LogP contribution in [0.4, 0.5) is 4.79 Å². The lowest BCUT2D eigenvalue weighted by atomic mass is 10.3. The van der Waals surface area contributed by atoms with Gasteiger partial charge in [0, 0.05) is 13.1 Å². The summed E-state index contributed by atoms with van der Waals surface area (Å²) < 4.78 is 26.4. The van der Waals surface area contributed by atoms with E-state index in [0.29, 0.717) is 13.0 Å². The van der Waals surface area contributed by atoms with Gasteiger partial charge in [-0.15, -0.1) is 0 Å². The minimum Gasteiger partial charge on any atom is -0.338 e. The second kappa shape index (κ2) is 9.26. The summed E-state index contributed by atoms with van der Waals surface area (Å²) in [4.78, 5) is 23.4. The van der Waals surface area contributed by atoms with Gasteiger partial charge in [-0.05, 0) is 25.5 Å². The number of hydrogen-bond donors (Lipinski definition) is 2. The summed E-state index contributed by atoms with van der Waals surface area (Å²) in [5, 5.41) is 4.54. The van der Waals surface area contributed by atoms with Crippen molar-refractivity contribution in [1.29, 1.82) is 0 Å². The number of urea groups is 1. The Morgan fingerprint density at radius 2 is 1.78 bits per heavy atom. The van der Waals surface area contributed by atoms with E-state index in [2.05, 4.69) is 10.6 Å². The number of nitrogens with one attached hydrogen (secondary N) is 2. The molecule has 0 radical (unpaired) electrons. The van der Waals surface area contributed by atoms with Crippen molar-refractivity contribution in [3.63, 3.8) is 0 Å². The van der Waals surface area contributed by atoms with Crippen molar-refractivity contribution in [3.05, 3.63) is 30.3 Å². The fraction of sp³-hybridized carbons (Fsp3) is 0.467. The van der Waals surface area contributed by atoms with Gasteiger partial charge in [0.25, 0.3) is 0 Å². The summed E-state index contributed by atoms with van der Waals surface area (Å²) in [6.07, 6.45) is 1.42. The van der Waals surface area contributed by atoms with Crippen LogP contribution in [0, 0.1) is 0 Å². The number of amides is 3. The molecule has 0 heterocycles. The second-order valence-electron chi connectivity index (χ2n) is 4.91. The molecular formula is C15H23N3O4S. The maximum atomic E-state index is 12.6. The molecule has 0 spiro atoms. The van der Waals surface area contributed by atoms with Crippen molar-refractivity contribution in [1.82, 2.24) is 14.9 Å². The zero-order valence-electron chi connectivity index (χ0n) is 13.4. The van der Waals surface area contributed by atoms with Crippen molar-refractivity contribution in [3.8, 4) is 0 Å². The first-order valence-corrected chi connectivity index (χ1v) is 8.98. The predicted molar refractivity (Wildman–Crippen MR) is 87.3 cm³/mol. The van der Waals surface area contributed by atoms with Gasteiger partial charge in [-0.1, -0.05) is 31.5 Å². The molecule has 0 aromatic heterocycles. The molecule has 0 aliphatic carbocycles. The van der Waals surface area contributed by atoms with Crippen molar-refractivity contribution >= 4 is 22.0 Å². The lowest BCUT2D eigenvalue weighted by Gasteiger charge is -2.21. The first-order valence-electron chi connectivity index (χ1n) is 7.54. The Morgan fingerprint density at radius 3 is 2.35 bits per heavy atom. The maximum absolute atomic E-state index is 12.6. The van der Waals surface area contributed by atoms with Crippen molar-refractivity contribution in [2.75, 3.05) is 19.6 Å². The van der Waals surface area contributed by atoms with Crippen molar-refractivity contribution in [2.45, 2.75) is 31.6 Å². The van der Waals surface area contributed by atoms with E-state index in [1.54, 1.807) is 25.1 Å². The quantitative estimate of drug-likeness (QED) is 0.745. The molecule has 0 atom stereocenters. The Balaban J connectivity index is 2.88. The summed E-state index contributed by atoms with van der Waals surface area (Å²) in [5.41, 5.74) is 0. The van der Waals surface area contributed by atoms with Gasteiger partial charge < -0.3 is 5.32 Å². The van der Waals surface area contributed by atoms with Crippen LogP contribution < -0.4 is 10.6 Å². The summed E-state index contributed by atoms with van der Waals surface area (Å²) >= 11 is 0. The van der Waals surface area contributed by atoms with E-state index in [0.717, 1.165) is 10.7 Å². The monoisotopic (exact) mass is 341 g/mol. The smallest absolute Gasteiger partial charge is 0.321 e. The number of hydrogen-bond acceptors (Lipinski definition) is 4. The molecule has 7 nitrogen and oxygen atoms in total. The maximum Gasteiger partial charge on any atom is 0.321 e. The highest BCUT2D eigenvalue weighted by Crippen LogP contribution is 2.15. The van der Waals surface area contributed by atoms with Crippen LogP contribution in [0.1, 0.15) is 26.7 Å². The number of nitrogens with zero attached hydrogens (tertiary/aromatic N) is 1. The number of rotatable bonds is 8. The third-order valence-electron chi connectivity index (χ3n) is 3.05. The van der Waals surface area contributed by atoms with Gasteiger partial charge in [0.05, 0.1) is 11.4 Å². The minimum absolute atomic E-state index is 0.127. The van der Waals surface area contributed by atoms with Gasteiger partial charge in [-0.2, -0.15) is 4.31 Å². The fourth-order valence-corrected chi connectivity index (χ4v) is 3.35. The average molecular weight is 341 g/mol. The highest BCUT2D eigenvalue weighted by atomic mass is 32.2. The topological polar surface area (TPSA) is 95.6 Å². The fourth-order valence-electron chi connectivity index (χ4n) is 1.89. The molecule has 1 aromatic carbocycles. The standard InChI is InChI=1S/C15H23N3O4S/c1-3-5-11-18(12-14(19)17-15(20)16-4-2)23(21,22)13-9-7-6-8-10-13/h6-10H,3-5,11-12H2,1-2H3,(H2,16,17,19,20). The van der Waals surface area contributed by atoms with E-state index in [1.165, 1.54) is 12.1 Å². The van der Waals surface area contributed by atoms with Gasteiger partial charge in [0.15, 0.2) is 0 Å². The van der Waals surface area contributed by atoms with Crippen LogP contribution in [-0.4, -0.2) is 44.3 Å². The molecule has 128 valence electrons. The first kappa shape index (κ1) is 19.1. The molecule has 1 rings (SSSR count). The highest BCUT2D eigenvalue weighted by molar-refractivity contribution is 7.89. The lowest BCUT2D eigenvalue weighted by molar-refractivity contribution is -0.120. The van der Waals surface area contributed by atoms with Crippen LogP contribution in [0.15, 0.2) is 35.2 Å². The molecular weight excluding hydrogens is 318 g/mol. The minimum atomic E-state index is -3.78. The van der Waals surface area contributed by atoms with Gasteiger partial charge in [-0.25, -0.2) is 13.2 Å². The van der Waals surface area contributed by atoms with Crippen LogP contribution in [0.3, 0.4) is 0 Å². The Morgan fingerprint density at radius 1 is 1.13 bits per heavy atom. The number of unbranched alkanes of at least 4 members (excludes halogenated alkanes) is 1. The van der Waals surface area contributed by atoms with Gasteiger partial charge in [0.2, 0.25) is 15.9 Å². The molecule has 0 aliphatic heterocycles. The normalized spacial score (nSPS) is 11.3. The Kier molecular flexibility index (Phi) is 7.70. The molecule has 0 fully saturated rings. The molecule has 2 N–H and O–H groups in total. The summed E-state index contributed by atoms with van der Waals surface area (Å²) in [7, 11) is -3.78. The molecule has 0 unspecified atom stereocenters. The Labute approximate surface area is 137 Å². The molecule has 8 heteroatoms. The highest BCUT2D eigenvalue weighted by Gasteiger charge is 2.26. The number of imide groups is 1. The van der Waals surface area contributed by atoms with Crippen LogP contribution in [0.2, 0.25) is 0 Å². The number of carbonyl (C=O) groups excluding carboxylic acids is 2. The van der Waals surface area contributed by atoms with Crippen molar-refractivity contribution in [2.24, 2.45) is 0 Å². The molecule has 0 bridgehead atoms. The lowest BCUT2D eigenvalue weighted by Crippen LogP contribution is -2.46. The van der Waals surface area contributed by atoms with E-state index >= 15 is 0 Å². The van der Waals surface area contributed by atoms with Crippen LogP contribution in [0.5, 0.6) is 0 Å². The molecule has 0 saturated heterocycles. The van der Waals surface area contributed by atoms with Crippen molar-refractivity contribution < 1.29 is 18.0 Å². The first-order chi connectivity index (χ1) is 10.9. The SMILES string of the molecule is CCCCN(CC(=O)NC(=O)NCC)S(=O)(=O)c1ccccc1. The zero-order valence-corrected chi connectivity index (χ0v) is 14.2. The summed E-state index contributed by atoms with van der Waals surface area (Å²) in [6.45, 7) is 3.85. The van der Waals surface area contributed by atoms with E-state index in [9.17, 15) is 18.0 Å². The van der Waals surface area contributed by atoms with Gasteiger partial charge in [0.1, 0.15) is 0 Å². The Hall–Kier alpha value is -1.93. The molecule has 3 amide bonds. The van der Waals surface area contributed by atoms with Crippen LogP contribution in [-0.2, 0) is 14.8 Å². The summed E-state index contributed by atoms with van der Waals surface area (Å²) in [6, 6.07) is 7.30. The number of carbonyl (C=O) groups is 2. The third kappa shape index (κ3) is 5.99. The average Bonchev–Trinajstić information content (AvgIpc) is 2.52. The van der Waals surface area contributed by atoms with E-state index < -0.39 is 28.5 Å². The van der Waals surface area contributed by atoms with E-state index in [1.807, 2.05) is 6.92 Å². The van der Waals surface area contributed by atoms with Crippen LogP contribution in [0.25, 0.3) is 0 Å². The van der Waals surface area contributed by atoms with E-state index in [-0.39, 0.29) is 11.4 Å². The molecule has 1 aromatic rings.